The van der Waals surface area contributed by atoms with Crippen LogP contribution in [0.25, 0.3) is 5.69 Å². The third-order valence-corrected chi connectivity index (χ3v) is 4.56. The minimum absolute atomic E-state index is 0.0966. The summed E-state index contributed by atoms with van der Waals surface area (Å²) in [5.74, 6) is 0.752. The van der Waals surface area contributed by atoms with Gasteiger partial charge in [0.15, 0.2) is 0 Å². The highest BCUT2D eigenvalue weighted by molar-refractivity contribution is 5.95. The Morgan fingerprint density at radius 1 is 1.19 bits per heavy atom. The lowest BCUT2D eigenvalue weighted by Gasteiger charge is -2.11. The Morgan fingerprint density at radius 2 is 1.96 bits per heavy atom. The highest BCUT2D eigenvalue weighted by atomic mass is 16.5. The largest absolute Gasteiger partial charge is 0.496 e. The van der Waals surface area contributed by atoms with Gasteiger partial charge in [-0.05, 0) is 43.5 Å². The number of nitrogens with one attached hydrogen (secondary N) is 1. The van der Waals surface area contributed by atoms with Gasteiger partial charge in [-0.3, -0.25) is 4.79 Å². The molecule has 3 aromatic rings. The SMILES string of the molecule is CCc1c(C(=O)NCCc2cc(C)ccc2OC)cnn1-c1ccccc1. The van der Waals surface area contributed by atoms with Gasteiger partial charge >= 0.3 is 0 Å². The van der Waals surface area contributed by atoms with Crippen molar-refractivity contribution < 1.29 is 9.53 Å². The van der Waals surface area contributed by atoms with Gasteiger partial charge in [0.2, 0.25) is 0 Å². The molecule has 0 atom stereocenters. The number of para-hydroxylation sites is 1. The fourth-order valence-electron chi connectivity index (χ4n) is 3.20. The molecule has 0 spiro atoms. The first-order valence-electron chi connectivity index (χ1n) is 9.18. The van der Waals surface area contributed by atoms with Crippen molar-refractivity contribution in [3.05, 3.63) is 77.1 Å². The molecule has 0 aliphatic heterocycles. The summed E-state index contributed by atoms with van der Waals surface area (Å²) in [5.41, 5.74) is 4.75. The minimum Gasteiger partial charge on any atom is -0.496 e. The molecule has 140 valence electrons. The van der Waals surface area contributed by atoms with Crippen LogP contribution in [0.2, 0.25) is 0 Å². The van der Waals surface area contributed by atoms with E-state index in [9.17, 15) is 4.79 Å². The van der Waals surface area contributed by atoms with E-state index in [1.807, 2.05) is 61.0 Å². The van der Waals surface area contributed by atoms with Gasteiger partial charge in [-0.1, -0.05) is 42.8 Å². The van der Waals surface area contributed by atoms with Gasteiger partial charge < -0.3 is 10.1 Å². The zero-order valence-corrected chi connectivity index (χ0v) is 16.0. The number of aryl methyl sites for hydroxylation is 1. The van der Waals surface area contributed by atoms with Crippen LogP contribution in [0.5, 0.6) is 5.75 Å². The first-order chi connectivity index (χ1) is 13.1. The molecular formula is C22H25N3O2. The maximum atomic E-state index is 12.7. The predicted octanol–water partition coefficient (Wildman–Crippen LogP) is 3.72. The van der Waals surface area contributed by atoms with Crippen molar-refractivity contribution in [2.75, 3.05) is 13.7 Å². The average Bonchev–Trinajstić information content (AvgIpc) is 3.13. The van der Waals surface area contributed by atoms with Crippen molar-refractivity contribution in [3.8, 4) is 11.4 Å². The first-order valence-corrected chi connectivity index (χ1v) is 9.18. The molecule has 5 nitrogen and oxygen atoms in total. The molecule has 1 heterocycles. The Bertz CT molecular complexity index is 917. The number of amides is 1. The van der Waals surface area contributed by atoms with Crippen LogP contribution < -0.4 is 10.1 Å². The van der Waals surface area contributed by atoms with E-state index in [1.165, 1.54) is 5.56 Å². The number of ether oxygens (including phenoxy) is 1. The van der Waals surface area contributed by atoms with Gasteiger partial charge in [0, 0.05) is 6.54 Å². The summed E-state index contributed by atoms with van der Waals surface area (Å²) in [6.07, 6.45) is 3.09. The first kappa shape index (κ1) is 18.7. The second-order valence-electron chi connectivity index (χ2n) is 6.43. The van der Waals surface area contributed by atoms with Crippen LogP contribution in [-0.2, 0) is 12.8 Å². The van der Waals surface area contributed by atoms with Gasteiger partial charge in [0.25, 0.3) is 5.91 Å². The van der Waals surface area contributed by atoms with Crippen LogP contribution in [0.4, 0.5) is 0 Å². The van der Waals surface area contributed by atoms with E-state index in [-0.39, 0.29) is 5.91 Å². The molecular weight excluding hydrogens is 338 g/mol. The fourth-order valence-corrected chi connectivity index (χ4v) is 3.20. The number of rotatable bonds is 7. The number of benzene rings is 2. The molecule has 1 N–H and O–H groups in total. The summed E-state index contributed by atoms with van der Waals surface area (Å²) in [6, 6.07) is 15.9. The zero-order valence-electron chi connectivity index (χ0n) is 16.0. The molecule has 0 radical (unpaired) electrons. The highest BCUT2D eigenvalue weighted by Crippen LogP contribution is 2.20. The van der Waals surface area contributed by atoms with E-state index in [2.05, 4.69) is 16.5 Å². The summed E-state index contributed by atoms with van der Waals surface area (Å²) in [6.45, 7) is 4.62. The van der Waals surface area contributed by atoms with Crippen LogP contribution in [-0.4, -0.2) is 29.3 Å². The Balaban J connectivity index is 1.70. The number of hydrogen-bond acceptors (Lipinski definition) is 3. The summed E-state index contributed by atoms with van der Waals surface area (Å²) in [5, 5.41) is 7.43. The van der Waals surface area contributed by atoms with E-state index in [1.54, 1.807) is 13.3 Å². The van der Waals surface area contributed by atoms with E-state index < -0.39 is 0 Å². The maximum absolute atomic E-state index is 12.7. The third-order valence-electron chi connectivity index (χ3n) is 4.56. The summed E-state index contributed by atoms with van der Waals surface area (Å²) >= 11 is 0. The van der Waals surface area contributed by atoms with E-state index in [0.29, 0.717) is 18.5 Å². The van der Waals surface area contributed by atoms with Crippen molar-refractivity contribution in [3.63, 3.8) is 0 Å². The molecule has 1 aromatic heterocycles. The number of carbonyl (C=O) groups excluding carboxylic acids is 1. The molecule has 0 aliphatic carbocycles. The van der Waals surface area contributed by atoms with Crippen LogP contribution in [0.3, 0.4) is 0 Å². The molecule has 1 amide bonds. The van der Waals surface area contributed by atoms with Crippen molar-refractivity contribution in [2.24, 2.45) is 0 Å². The van der Waals surface area contributed by atoms with Crippen molar-refractivity contribution >= 4 is 5.91 Å². The summed E-state index contributed by atoms with van der Waals surface area (Å²) < 4.78 is 7.24. The lowest BCUT2D eigenvalue weighted by atomic mass is 10.1. The second kappa shape index (κ2) is 8.54. The minimum atomic E-state index is -0.0966. The number of nitrogens with zero attached hydrogens (tertiary/aromatic N) is 2. The lowest BCUT2D eigenvalue weighted by molar-refractivity contribution is 0.0953. The monoisotopic (exact) mass is 363 g/mol. The van der Waals surface area contributed by atoms with Crippen LogP contribution in [0, 0.1) is 6.92 Å². The molecule has 0 fully saturated rings. The standard InChI is InChI=1S/C22H25N3O2/c1-4-20-19(15-24-25(20)18-8-6-5-7-9-18)22(26)23-13-12-17-14-16(2)10-11-21(17)27-3/h5-11,14-15H,4,12-13H2,1-3H3,(H,23,26). The molecule has 27 heavy (non-hydrogen) atoms. The molecule has 0 aliphatic rings. The smallest absolute Gasteiger partial charge is 0.254 e. The molecule has 0 saturated heterocycles. The van der Waals surface area contributed by atoms with Crippen molar-refractivity contribution in [1.29, 1.82) is 0 Å². The third kappa shape index (κ3) is 4.19. The van der Waals surface area contributed by atoms with E-state index in [4.69, 9.17) is 4.74 Å². The van der Waals surface area contributed by atoms with Crippen LogP contribution >= 0.6 is 0 Å². The second-order valence-corrected chi connectivity index (χ2v) is 6.43. The summed E-state index contributed by atoms with van der Waals surface area (Å²) in [4.78, 5) is 12.7. The van der Waals surface area contributed by atoms with E-state index >= 15 is 0 Å². The van der Waals surface area contributed by atoms with Crippen LogP contribution in [0.15, 0.2) is 54.7 Å². The van der Waals surface area contributed by atoms with Gasteiger partial charge in [-0.25, -0.2) is 4.68 Å². The Hall–Kier alpha value is -3.08. The van der Waals surface area contributed by atoms with Gasteiger partial charge in [0.05, 0.1) is 30.3 Å². The van der Waals surface area contributed by atoms with Gasteiger partial charge in [-0.2, -0.15) is 5.10 Å². The van der Waals surface area contributed by atoms with Gasteiger partial charge in [0.1, 0.15) is 5.75 Å². The number of methoxy groups -OCH3 is 1. The average molecular weight is 363 g/mol. The number of aromatic nitrogens is 2. The molecule has 0 unspecified atom stereocenters. The predicted molar refractivity (Wildman–Crippen MR) is 107 cm³/mol. The molecule has 5 heteroatoms. The van der Waals surface area contributed by atoms with Gasteiger partial charge in [-0.15, -0.1) is 0 Å². The molecule has 0 bridgehead atoms. The quantitative estimate of drug-likeness (QED) is 0.696. The molecule has 2 aromatic carbocycles. The van der Waals surface area contributed by atoms with Crippen molar-refractivity contribution in [1.82, 2.24) is 15.1 Å². The lowest BCUT2D eigenvalue weighted by Crippen LogP contribution is -2.26. The topological polar surface area (TPSA) is 56.1 Å². The number of carbonyl (C=O) groups is 1. The fraction of sp³-hybridized carbons (Fsp3) is 0.273. The van der Waals surface area contributed by atoms with Crippen LogP contribution in [0.1, 0.15) is 34.1 Å². The normalized spacial score (nSPS) is 10.6. The molecule has 3 rings (SSSR count). The zero-order chi connectivity index (χ0) is 19.2. The number of hydrogen-bond donors (Lipinski definition) is 1. The highest BCUT2D eigenvalue weighted by Gasteiger charge is 2.17. The Labute approximate surface area is 160 Å². The Kier molecular flexibility index (Phi) is 5.91. The maximum Gasteiger partial charge on any atom is 0.254 e. The summed E-state index contributed by atoms with van der Waals surface area (Å²) in [7, 11) is 1.66. The van der Waals surface area contributed by atoms with E-state index in [0.717, 1.165) is 29.1 Å². The molecule has 0 saturated carbocycles. The van der Waals surface area contributed by atoms with Crippen molar-refractivity contribution in [2.45, 2.75) is 26.7 Å². The Morgan fingerprint density at radius 3 is 2.67 bits per heavy atom.